The summed E-state index contributed by atoms with van der Waals surface area (Å²) in [4.78, 5) is 0. The Balaban J connectivity index is 1.81. The van der Waals surface area contributed by atoms with Gasteiger partial charge in [0.15, 0.2) is 0 Å². The minimum absolute atomic E-state index is 0.256. The Bertz CT molecular complexity index is 628. The maximum Gasteiger partial charge on any atom is 0.120 e. The minimum atomic E-state index is 0.256. The first-order valence-corrected chi connectivity index (χ1v) is 8.51. The van der Waals surface area contributed by atoms with Crippen molar-refractivity contribution in [3.05, 3.63) is 40.9 Å². The molecule has 0 amide bonds. The van der Waals surface area contributed by atoms with Gasteiger partial charge in [-0.1, -0.05) is 41.4 Å². The highest BCUT2D eigenvalue weighted by molar-refractivity contribution is 9.10. The van der Waals surface area contributed by atoms with Crippen LogP contribution in [0.5, 0.6) is 5.75 Å². The van der Waals surface area contributed by atoms with E-state index in [2.05, 4.69) is 59.3 Å². The van der Waals surface area contributed by atoms with Crippen LogP contribution in [0.2, 0.25) is 0 Å². The predicted molar refractivity (Wildman–Crippen MR) is 91.6 cm³/mol. The van der Waals surface area contributed by atoms with Gasteiger partial charge in [-0.2, -0.15) is 0 Å². The lowest BCUT2D eigenvalue weighted by Gasteiger charge is -2.34. The maximum absolute atomic E-state index is 6.28. The number of benzene rings is 2. The van der Waals surface area contributed by atoms with Gasteiger partial charge in [0.05, 0.1) is 0 Å². The maximum atomic E-state index is 6.28. The van der Waals surface area contributed by atoms with Crippen molar-refractivity contribution in [3.63, 3.8) is 0 Å². The molecule has 0 heterocycles. The van der Waals surface area contributed by atoms with E-state index in [0.29, 0.717) is 5.92 Å². The Hall–Kier alpha value is -1.06. The number of halogens is 1. The Morgan fingerprint density at radius 3 is 2.71 bits per heavy atom. The van der Waals surface area contributed by atoms with Crippen LogP contribution in [0.4, 0.5) is 0 Å². The van der Waals surface area contributed by atoms with E-state index in [1.807, 2.05) is 0 Å². The first-order valence-electron chi connectivity index (χ1n) is 7.72. The molecule has 0 aliphatic heterocycles. The molecule has 2 N–H and O–H groups in total. The molecule has 3 heteroatoms. The summed E-state index contributed by atoms with van der Waals surface area (Å²) in [7, 11) is 0. The van der Waals surface area contributed by atoms with Crippen LogP contribution < -0.4 is 10.5 Å². The summed E-state index contributed by atoms with van der Waals surface area (Å²) in [5.74, 6) is 2.18. The van der Waals surface area contributed by atoms with Crippen molar-refractivity contribution in [1.29, 1.82) is 0 Å². The summed E-state index contributed by atoms with van der Waals surface area (Å²) in [5.41, 5.74) is 5.91. The van der Waals surface area contributed by atoms with Crippen molar-refractivity contribution in [3.8, 4) is 5.75 Å². The molecule has 0 spiro atoms. The molecule has 0 radical (unpaired) electrons. The van der Waals surface area contributed by atoms with Gasteiger partial charge in [-0.25, -0.2) is 0 Å². The Morgan fingerprint density at radius 2 is 1.90 bits per heavy atom. The van der Waals surface area contributed by atoms with Gasteiger partial charge in [0, 0.05) is 10.4 Å². The fourth-order valence-electron chi connectivity index (χ4n) is 3.25. The van der Waals surface area contributed by atoms with Crippen molar-refractivity contribution in [2.24, 2.45) is 17.6 Å². The van der Waals surface area contributed by atoms with Crippen LogP contribution >= 0.6 is 15.9 Å². The molecule has 0 bridgehead atoms. The zero-order valence-electron chi connectivity index (χ0n) is 12.4. The number of nitrogens with two attached hydrogens (primary N) is 1. The highest BCUT2D eigenvalue weighted by Crippen LogP contribution is 2.32. The topological polar surface area (TPSA) is 35.2 Å². The number of hydrogen-bond acceptors (Lipinski definition) is 2. The van der Waals surface area contributed by atoms with Crippen molar-refractivity contribution in [2.45, 2.75) is 32.3 Å². The fourth-order valence-corrected chi connectivity index (χ4v) is 3.63. The Morgan fingerprint density at radius 1 is 1.14 bits per heavy atom. The second-order valence-electron chi connectivity index (χ2n) is 6.22. The van der Waals surface area contributed by atoms with Gasteiger partial charge >= 0.3 is 0 Å². The first-order chi connectivity index (χ1) is 10.2. The van der Waals surface area contributed by atoms with Crippen LogP contribution in [0.1, 0.15) is 26.2 Å². The molecule has 1 aliphatic carbocycles. The summed E-state index contributed by atoms with van der Waals surface area (Å²) < 4.78 is 7.38. The zero-order valence-corrected chi connectivity index (χ0v) is 14.0. The quantitative estimate of drug-likeness (QED) is 0.869. The molecule has 112 valence electrons. The van der Waals surface area contributed by atoms with Gasteiger partial charge in [0.1, 0.15) is 11.9 Å². The molecule has 21 heavy (non-hydrogen) atoms. The average molecular weight is 348 g/mol. The zero-order chi connectivity index (χ0) is 14.8. The van der Waals surface area contributed by atoms with Crippen molar-refractivity contribution in [1.82, 2.24) is 0 Å². The molecule has 1 fully saturated rings. The van der Waals surface area contributed by atoms with E-state index in [1.54, 1.807) is 0 Å². The number of rotatable bonds is 3. The van der Waals surface area contributed by atoms with Gasteiger partial charge in [-0.05, 0) is 60.3 Å². The summed E-state index contributed by atoms with van der Waals surface area (Å²) in [5, 5.41) is 2.44. The monoisotopic (exact) mass is 347 g/mol. The minimum Gasteiger partial charge on any atom is -0.490 e. The van der Waals surface area contributed by atoms with Crippen molar-refractivity contribution in [2.75, 3.05) is 6.54 Å². The standard InChI is InChI=1S/C18H22BrNO/c1-12-2-3-15(11-20)18(8-12)21-17-7-5-13-9-16(19)6-4-14(13)10-17/h4-7,9-10,12,15,18H,2-3,8,11,20H2,1H3. The smallest absolute Gasteiger partial charge is 0.120 e. The van der Waals surface area contributed by atoms with Gasteiger partial charge < -0.3 is 10.5 Å². The van der Waals surface area contributed by atoms with Crippen molar-refractivity contribution >= 4 is 26.7 Å². The molecule has 3 unspecified atom stereocenters. The third-order valence-corrected chi connectivity index (χ3v) is 5.05. The summed E-state index contributed by atoms with van der Waals surface area (Å²) >= 11 is 3.51. The van der Waals surface area contributed by atoms with Crippen molar-refractivity contribution < 1.29 is 4.74 Å². The Kier molecular flexibility index (Phi) is 4.51. The van der Waals surface area contributed by atoms with E-state index in [1.165, 1.54) is 23.6 Å². The van der Waals surface area contributed by atoms with Gasteiger partial charge in [-0.15, -0.1) is 0 Å². The van der Waals surface area contributed by atoms with E-state index >= 15 is 0 Å². The SMILES string of the molecule is CC1CCC(CN)C(Oc2ccc3cc(Br)ccc3c2)C1. The molecular weight excluding hydrogens is 326 g/mol. The lowest BCUT2D eigenvalue weighted by molar-refractivity contribution is 0.0743. The van der Waals surface area contributed by atoms with E-state index in [-0.39, 0.29) is 6.10 Å². The van der Waals surface area contributed by atoms with E-state index < -0.39 is 0 Å². The van der Waals surface area contributed by atoms with Crippen LogP contribution in [0.25, 0.3) is 10.8 Å². The second kappa shape index (κ2) is 6.37. The Labute approximate surface area is 134 Å². The number of fused-ring (bicyclic) bond motifs is 1. The van der Waals surface area contributed by atoms with Gasteiger partial charge in [-0.3, -0.25) is 0 Å². The third-order valence-electron chi connectivity index (χ3n) is 4.55. The van der Waals surface area contributed by atoms with Crippen LogP contribution in [-0.4, -0.2) is 12.6 Å². The fraction of sp³-hybridized carbons (Fsp3) is 0.444. The molecule has 2 nitrogen and oxygen atoms in total. The lowest BCUT2D eigenvalue weighted by atomic mass is 9.80. The first kappa shape index (κ1) is 14.9. The average Bonchev–Trinajstić information content (AvgIpc) is 2.48. The van der Waals surface area contributed by atoms with Gasteiger partial charge in [0.2, 0.25) is 0 Å². The predicted octanol–water partition coefficient (Wildman–Crippen LogP) is 4.74. The van der Waals surface area contributed by atoms with Crippen LogP contribution in [-0.2, 0) is 0 Å². The van der Waals surface area contributed by atoms with Crippen LogP contribution in [0.3, 0.4) is 0 Å². The van der Waals surface area contributed by atoms with Gasteiger partial charge in [0.25, 0.3) is 0 Å². The number of hydrogen-bond donors (Lipinski definition) is 1. The van der Waals surface area contributed by atoms with Crippen LogP contribution in [0, 0.1) is 11.8 Å². The molecule has 0 saturated heterocycles. The highest BCUT2D eigenvalue weighted by atomic mass is 79.9. The normalized spacial score (nSPS) is 26.0. The molecule has 1 aliphatic rings. The number of ether oxygens (including phenoxy) is 1. The molecular formula is C18H22BrNO. The molecule has 3 rings (SSSR count). The van der Waals surface area contributed by atoms with E-state index in [4.69, 9.17) is 10.5 Å². The van der Waals surface area contributed by atoms with E-state index in [9.17, 15) is 0 Å². The summed E-state index contributed by atoms with van der Waals surface area (Å²) in [6.07, 6.45) is 3.82. The largest absolute Gasteiger partial charge is 0.490 e. The molecule has 0 aromatic heterocycles. The lowest BCUT2D eigenvalue weighted by Crippen LogP contribution is -2.37. The highest BCUT2D eigenvalue weighted by Gasteiger charge is 2.29. The second-order valence-corrected chi connectivity index (χ2v) is 7.14. The van der Waals surface area contributed by atoms with Crippen LogP contribution in [0.15, 0.2) is 40.9 Å². The van der Waals surface area contributed by atoms with E-state index in [0.717, 1.165) is 29.1 Å². The molecule has 2 aromatic carbocycles. The molecule has 2 aromatic rings. The third kappa shape index (κ3) is 3.41. The molecule has 3 atom stereocenters. The molecule has 1 saturated carbocycles. The summed E-state index contributed by atoms with van der Waals surface area (Å²) in [6.45, 7) is 3.03. The summed E-state index contributed by atoms with van der Waals surface area (Å²) in [6, 6.07) is 12.6.